The van der Waals surface area contributed by atoms with Crippen LogP contribution in [0, 0.1) is 0 Å². The van der Waals surface area contributed by atoms with E-state index in [0.717, 1.165) is 30.4 Å². The molecule has 1 saturated heterocycles. The van der Waals surface area contributed by atoms with Gasteiger partial charge in [-0.2, -0.15) is 8.78 Å². The Balaban J connectivity index is 1.75. The van der Waals surface area contributed by atoms with Gasteiger partial charge >= 0.3 is 6.61 Å². The maximum absolute atomic E-state index is 13.0. The van der Waals surface area contributed by atoms with Crippen LogP contribution in [0.4, 0.5) is 26.0 Å². The van der Waals surface area contributed by atoms with Crippen LogP contribution < -0.4 is 25.4 Å². The minimum atomic E-state index is -2.93. The lowest BCUT2D eigenvalue weighted by Crippen LogP contribution is -2.35. The predicted molar refractivity (Wildman–Crippen MR) is 120 cm³/mol. The summed E-state index contributed by atoms with van der Waals surface area (Å²) in [6, 6.07) is 8.99. The number of nitrogens with one attached hydrogen (secondary N) is 3. The molecule has 3 N–H and O–H groups in total. The number of hydrogen-bond donors (Lipinski definition) is 3. The van der Waals surface area contributed by atoms with Gasteiger partial charge < -0.3 is 25.4 Å². The van der Waals surface area contributed by atoms with Gasteiger partial charge in [0.25, 0.3) is 0 Å². The van der Waals surface area contributed by atoms with Gasteiger partial charge in [0, 0.05) is 22.0 Å². The molecule has 0 saturated carbocycles. The van der Waals surface area contributed by atoms with Crippen molar-refractivity contribution in [1.82, 2.24) is 15.3 Å². The average Bonchev–Trinajstić information content (AvgIpc) is 2.75. The van der Waals surface area contributed by atoms with Crippen LogP contribution in [0.3, 0.4) is 0 Å². The van der Waals surface area contributed by atoms with Crippen LogP contribution in [-0.2, 0) is 0 Å². The van der Waals surface area contributed by atoms with E-state index in [2.05, 4.69) is 41.8 Å². The number of piperidine rings is 1. The van der Waals surface area contributed by atoms with E-state index in [1.54, 1.807) is 13.2 Å². The number of hydrogen-bond acceptors (Lipinski definition) is 7. The Labute approximate surface area is 186 Å². The Morgan fingerprint density at radius 2 is 1.90 bits per heavy atom. The molecule has 0 unspecified atom stereocenters. The van der Waals surface area contributed by atoms with Crippen molar-refractivity contribution in [3.63, 3.8) is 0 Å². The zero-order valence-corrected chi connectivity index (χ0v) is 18.4. The molecule has 0 spiro atoms. The first-order valence-electron chi connectivity index (χ1n) is 9.85. The summed E-state index contributed by atoms with van der Waals surface area (Å²) < 4.78 is 37.2. The molecule has 164 valence electrons. The predicted octanol–water partition coefficient (Wildman–Crippen LogP) is 4.91. The second-order valence-electron chi connectivity index (χ2n) is 7.10. The van der Waals surface area contributed by atoms with Crippen molar-refractivity contribution >= 4 is 44.0 Å². The lowest BCUT2D eigenvalue weighted by Gasteiger charge is -2.26. The first-order valence-corrected chi connectivity index (χ1v) is 10.6. The maximum Gasteiger partial charge on any atom is 0.387 e. The van der Waals surface area contributed by atoms with Crippen LogP contribution in [0.1, 0.15) is 12.8 Å². The Kier molecular flexibility index (Phi) is 6.67. The van der Waals surface area contributed by atoms with Crippen LogP contribution in [0.5, 0.6) is 11.5 Å². The molecule has 1 fully saturated rings. The van der Waals surface area contributed by atoms with E-state index in [9.17, 15) is 8.78 Å². The monoisotopic (exact) mass is 493 g/mol. The van der Waals surface area contributed by atoms with Crippen molar-refractivity contribution in [1.29, 1.82) is 0 Å². The lowest BCUT2D eigenvalue weighted by atomic mass is 10.1. The third-order valence-electron chi connectivity index (χ3n) is 5.07. The van der Waals surface area contributed by atoms with Crippen LogP contribution >= 0.6 is 15.9 Å². The number of nitrogens with zero attached hydrogens (tertiary/aromatic N) is 2. The van der Waals surface area contributed by atoms with Gasteiger partial charge in [-0.1, -0.05) is 15.9 Å². The van der Waals surface area contributed by atoms with Gasteiger partial charge in [0.05, 0.1) is 24.0 Å². The molecule has 0 aliphatic carbocycles. The Morgan fingerprint density at radius 1 is 1.10 bits per heavy atom. The number of aromatic nitrogens is 2. The van der Waals surface area contributed by atoms with E-state index < -0.39 is 6.61 Å². The largest absolute Gasteiger partial charge is 0.495 e. The van der Waals surface area contributed by atoms with E-state index in [4.69, 9.17) is 9.47 Å². The molecular weight excluding hydrogens is 472 g/mol. The number of ether oxygens (including phenoxy) is 2. The SMILES string of the molecule is COc1ccc(Br)cc1Nc1ncnc2cc(OC(F)F)c(NC3CCNCC3)cc12. The van der Waals surface area contributed by atoms with E-state index in [-0.39, 0.29) is 11.8 Å². The van der Waals surface area contributed by atoms with Crippen LogP contribution in [0.25, 0.3) is 10.9 Å². The Morgan fingerprint density at radius 3 is 2.65 bits per heavy atom. The minimum Gasteiger partial charge on any atom is -0.495 e. The van der Waals surface area contributed by atoms with Gasteiger partial charge in [0.2, 0.25) is 0 Å². The second kappa shape index (κ2) is 9.61. The summed E-state index contributed by atoms with van der Waals surface area (Å²) in [6.07, 6.45) is 3.15. The summed E-state index contributed by atoms with van der Waals surface area (Å²) in [5.41, 5.74) is 1.68. The highest BCUT2D eigenvalue weighted by atomic mass is 79.9. The fraction of sp³-hybridized carbons (Fsp3) is 0.333. The number of methoxy groups -OCH3 is 1. The van der Waals surface area contributed by atoms with Gasteiger partial charge in [-0.25, -0.2) is 9.97 Å². The summed E-state index contributed by atoms with van der Waals surface area (Å²) in [5, 5.41) is 10.6. The summed E-state index contributed by atoms with van der Waals surface area (Å²) in [6.45, 7) is -1.19. The van der Waals surface area contributed by atoms with Crippen molar-refractivity contribution in [2.45, 2.75) is 25.5 Å². The molecule has 0 atom stereocenters. The van der Waals surface area contributed by atoms with Crippen LogP contribution in [0.15, 0.2) is 41.1 Å². The fourth-order valence-electron chi connectivity index (χ4n) is 3.58. The molecule has 0 bridgehead atoms. The molecule has 0 radical (unpaired) electrons. The van der Waals surface area contributed by atoms with E-state index in [1.807, 2.05) is 18.2 Å². The molecular formula is C21H22BrF2N5O2. The number of benzene rings is 2. The van der Waals surface area contributed by atoms with Crippen LogP contribution in [0.2, 0.25) is 0 Å². The first-order chi connectivity index (χ1) is 15.0. The number of rotatable bonds is 7. The summed E-state index contributed by atoms with van der Waals surface area (Å²) in [4.78, 5) is 8.61. The number of anilines is 3. The molecule has 31 heavy (non-hydrogen) atoms. The highest BCUT2D eigenvalue weighted by molar-refractivity contribution is 9.10. The van der Waals surface area contributed by atoms with Crippen molar-refractivity contribution in [2.75, 3.05) is 30.8 Å². The quantitative estimate of drug-likeness (QED) is 0.431. The molecule has 4 rings (SSSR count). The number of alkyl halides is 2. The summed E-state index contributed by atoms with van der Waals surface area (Å²) in [5.74, 6) is 1.23. The van der Waals surface area contributed by atoms with E-state index >= 15 is 0 Å². The van der Waals surface area contributed by atoms with Gasteiger partial charge in [0.15, 0.2) is 5.75 Å². The normalized spacial score (nSPS) is 14.6. The van der Waals surface area contributed by atoms with Crippen molar-refractivity contribution in [3.8, 4) is 11.5 Å². The molecule has 1 aliphatic rings. The zero-order valence-electron chi connectivity index (χ0n) is 16.8. The second-order valence-corrected chi connectivity index (χ2v) is 8.02. The van der Waals surface area contributed by atoms with Gasteiger partial charge in [-0.15, -0.1) is 0 Å². The molecule has 2 heterocycles. The summed E-state index contributed by atoms with van der Waals surface area (Å²) in [7, 11) is 1.58. The molecule has 1 aliphatic heterocycles. The smallest absolute Gasteiger partial charge is 0.387 e. The molecule has 0 amide bonds. The number of fused-ring (bicyclic) bond motifs is 1. The fourth-order valence-corrected chi connectivity index (χ4v) is 3.94. The Bertz CT molecular complexity index is 1060. The van der Waals surface area contributed by atoms with Gasteiger partial charge in [0.1, 0.15) is 17.9 Å². The zero-order chi connectivity index (χ0) is 21.8. The molecule has 10 heteroatoms. The maximum atomic E-state index is 13.0. The van der Waals surface area contributed by atoms with Crippen molar-refractivity contribution in [3.05, 3.63) is 41.1 Å². The van der Waals surface area contributed by atoms with Gasteiger partial charge in [-0.05, 0) is 50.2 Å². The standard InChI is InChI=1S/C21H22BrF2N5O2/c1-30-18-3-2-12(22)8-16(18)29-20-14-9-17(28-13-4-6-25-7-5-13)19(31-21(23)24)10-15(14)26-11-27-20/h2-3,8-11,13,21,25,28H,4-7H2,1H3,(H,26,27,29). The summed E-state index contributed by atoms with van der Waals surface area (Å²) >= 11 is 3.46. The highest BCUT2D eigenvalue weighted by Crippen LogP contribution is 2.37. The third-order valence-corrected chi connectivity index (χ3v) is 5.56. The average molecular weight is 494 g/mol. The van der Waals surface area contributed by atoms with E-state index in [1.165, 1.54) is 12.4 Å². The first kappa shape index (κ1) is 21.5. The molecule has 7 nitrogen and oxygen atoms in total. The number of halogens is 3. The topological polar surface area (TPSA) is 80.3 Å². The highest BCUT2D eigenvalue weighted by Gasteiger charge is 2.19. The van der Waals surface area contributed by atoms with Crippen molar-refractivity contribution in [2.24, 2.45) is 0 Å². The van der Waals surface area contributed by atoms with Crippen molar-refractivity contribution < 1.29 is 18.3 Å². The molecule has 1 aromatic heterocycles. The van der Waals surface area contributed by atoms with E-state index in [0.29, 0.717) is 33.8 Å². The lowest BCUT2D eigenvalue weighted by molar-refractivity contribution is -0.0493. The van der Waals surface area contributed by atoms with Gasteiger partial charge in [-0.3, -0.25) is 0 Å². The third kappa shape index (κ3) is 5.13. The van der Waals surface area contributed by atoms with Crippen LogP contribution in [-0.4, -0.2) is 42.8 Å². The Hall–Kier alpha value is -2.72. The molecule has 3 aromatic rings. The minimum absolute atomic E-state index is 0.0609. The molecule has 2 aromatic carbocycles.